The normalized spacial score (nSPS) is 14.5. The maximum absolute atomic E-state index is 13.2. The van der Waals surface area contributed by atoms with Crippen molar-refractivity contribution in [3.05, 3.63) is 102 Å². The van der Waals surface area contributed by atoms with Gasteiger partial charge in [0.05, 0.1) is 35.9 Å². The number of rotatable bonds is 8. The summed E-state index contributed by atoms with van der Waals surface area (Å²) in [4.78, 5) is 29.5. The number of aromatic amines is 1. The van der Waals surface area contributed by atoms with Crippen LogP contribution in [0.1, 0.15) is 16.7 Å². The number of aliphatic hydroxyl groups is 2. The average Bonchev–Trinajstić information content (AvgIpc) is 3.60. The van der Waals surface area contributed by atoms with E-state index in [0.717, 1.165) is 16.5 Å². The lowest BCUT2D eigenvalue weighted by atomic mass is 9.95. The number of ether oxygens (including phenoxy) is 1. The number of amides is 2. The van der Waals surface area contributed by atoms with E-state index >= 15 is 0 Å². The maximum Gasteiger partial charge on any atom is 0.259 e. The zero-order valence-corrected chi connectivity index (χ0v) is 20.3. The number of H-pyrrole nitrogens is 1. The third kappa shape index (κ3) is 4.06. The summed E-state index contributed by atoms with van der Waals surface area (Å²) in [6.07, 6.45) is 2.45. The molecule has 4 N–H and O–H groups in total. The highest BCUT2D eigenvalue weighted by atomic mass is 16.5. The summed E-state index contributed by atoms with van der Waals surface area (Å²) >= 11 is 0. The van der Waals surface area contributed by atoms with Crippen molar-refractivity contribution in [1.29, 1.82) is 0 Å². The molecule has 0 radical (unpaired) electrons. The molecule has 0 saturated carbocycles. The molecule has 1 atom stereocenters. The third-order valence-corrected chi connectivity index (χ3v) is 6.78. The maximum atomic E-state index is 13.2. The van der Waals surface area contributed by atoms with E-state index in [1.807, 2.05) is 72.8 Å². The van der Waals surface area contributed by atoms with Gasteiger partial charge in [0.15, 0.2) is 0 Å². The van der Waals surface area contributed by atoms with Crippen molar-refractivity contribution in [3.8, 4) is 5.75 Å². The Kier molecular flexibility index (Phi) is 6.03. The SMILES string of the molecule is O=C1NC(=O)C(c2cn(CC(O)CO)c3c(OCc4ccccc4)cccc23)=C1c1c[nH]c2ccccc12. The Morgan fingerprint density at radius 1 is 0.842 bits per heavy atom. The largest absolute Gasteiger partial charge is 0.487 e. The van der Waals surface area contributed by atoms with Crippen LogP contribution < -0.4 is 10.1 Å². The molecule has 190 valence electrons. The molecule has 1 unspecified atom stereocenters. The van der Waals surface area contributed by atoms with Gasteiger partial charge in [-0.3, -0.25) is 14.9 Å². The first-order chi connectivity index (χ1) is 18.5. The summed E-state index contributed by atoms with van der Waals surface area (Å²) in [7, 11) is 0. The number of benzene rings is 3. The first-order valence-electron chi connectivity index (χ1n) is 12.3. The van der Waals surface area contributed by atoms with E-state index in [0.29, 0.717) is 34.4 Å². The number of aromatic nitrogens is 2. The number of para-hydroxylation sites is 2. The van der Waals surface area contributed by atoms with Crippen LogP contribution in [0.3, 0.4) is 0 Å². The first-order valence-corrected chi connectivity index (χ1v) is 12.3. The predicted octanol–water partition coefficient (Wildman–Crippen LogP) is 3.62. The van der Waals surface area contributed by atoms with Crippen LogP contribution in [0.15, 0.2) is 85.2 Å². The number of carbonyl (C=O) groups excluding carboxylic acids is 2. The highest BCUT2D eigenvalue weighted by Gasteiger charge is 2.35. The Hall–Kier alpha value is -4.66. The van der Waals surface area contributed by atoms with Crippen LogP contribution in [-0.4, -0.2) is 44.3 Å². The summed E-state index contributed by atoms with van der Waals surface area (Å²) < 4.78 is 7.95. The molecular formula is C30H25N3O5. The Bertz CT molecular complexity index is 1710. The molecule has 5 aromatic rings. The van der Waals surface area contributed by atoms with Crippen LogP contribution in [0.5, 0.6) is 5.75 Å². The second-order valence-corrected chi connectivity index (χ2v) is 9.24. The van der Waals surface area contributed by atoms with Crippen LogP contribution >= 0.6 is 0 Å². The van der Waals surface area contributed by atoms with Crippen LogP contribution in [0.4, 0.5) is 0 Å². The van der Waals surface area contributed by atoms with Crippen molar-refractivity contribution in [3.63, 3.8) is 0 Å². The average molecular weight is 508 g/mol. The number of carbonyl (C=O) groups is 2. The zero-order chi connectivity index (χ0) is 26.2. The molecule has 1 aliphatic rings. The molecule has 0 saturated heterocycles. The van der Waals surface area contributed by atoms with Crippen molar-refractivity contribution in [1.82, 2.24) is 14.9 Å². The van der Waals surface area contributed by atoms with Crippen molar-refractivity contribution >= 4 is 44.8 Å². The molecule has 3 aromatic carbocycles. The van der Waals surface area contributed by atoms with Crippen molar-refractivity contribution < 1.29 is 24.5 Å². The standard InChI is InChI=1S/C30H25N3O5/c34-16-19(35)14-33-15-23(21-10-6-12-25(28(21)33)38-17-18-7-2-1-3-8-18)27-26(29(36)32-30(27)37)22-13-31-24-11-5-4-9-20(22)24/h1-13,15,19,31,34-35H,14,16-17H2,(H,32,36,37). The summed E-state index contributed by atoms with van der Waals surface area (Å²) in [5.74, 6) is -0.406. The number of nitrogens with one attached hydrogen (secondary N) is 2. The van der Waals surface area contributed by atoms with E-state index < -0.39 is 24.5 Å². The van der Waals surface area contributed by atoms with E-state index in [4.69, 9.17) is 4.74 Å². The number of aliphatic hydroxyl groups excluding tert-OH is 2. The predicted molar refractivity (Wildman–Crippen MR) is 144 cm³/mol. The molecule has 2 aromatic heterocycles. The highest BCUT2D eigenvalue weighted by Crippen LogP contribution is 2.40. The van der Waals surface area contributed by atoms with Crippen LogP contribution in [0.2, 0.25) is 0 Å². The Labute approximate surface area is 217 Å². The van der Waals surface area contributed by atoms with E-state index in [1.165, 1.54) is 0 Å². The molecule has 8 heteroatoms. The van der Waals surface area contributed by atoms with Gasteiger partial charge in [0, 0.05) is 39.8 Å². The Morgan fingerprint density at radius 2 is 1.55 bits per heavy atom. The fraction of sp³-hybridized carbons (Fsp3) is 0.133. The second kappa shape index (κ2) is 9.66. The lowest BCUT2D eigenvalue weighted by molar-refractivity contribution is -0.122. The Morgan fingerprint density at radius 3 is 2.34 bits per heavy atom. The van der Waals surface area contributed by atoms with Gasteiger partial charge in [-0.15, -0.1) is 0 Å². The van der Waals surface area contributed by atoms with Gasteiger partial charge in [0.1, 0.15) is 12.4 Å². The minimum absolute atomic E-state index is 0.0734. The number of nitrogens with zero attached hydrogens (tertiary/aromatic N) is 1. The van der Waals surface area contributed by atoms with Gasteiger partial charge >= 0.3 is 0 Å². The molecule has 1 aliphatic heterocycles. The Balaban J connectivity index is 1.54. The smallest absolute Gasteiger partial charge is 0.259 e. The summed E-state index contributed by atoms with van der Waals surface area (Å²) in [5, 5.41) is 23.8. The fourth-order valence-corrected chi connectivity index (χ4v) is 5.05. The number of fused-ring (bicyclic) bond motifs is 2. The topological polar surface area (TPSA) is 117 Å². The van der Waals surface area contributed by atoms with Crippen LogP contribution in [-0.2, 0) is 22.7 Å². The van der Waals surface area contributed by atoms with E-state index in [-0.39, 0.29) is 17.7 Å². The van der Waals surface area contributed by atoms with E-state index in [1.54, 1.807) is 17.0 Å². The number of imide groups is 1. The quantitative estimate of drug-likeness (QED) is 0.240. The monoisotopic (exact) mass is 507 g/mol. The summed E-state index contributed by atoms with van der Waals surface area (Å²) in [6.45, 7) is -0.0282. The molecule has 0 bridgehead atoms. The third-order valence-electron chi connectivity index (χ3n) is 6.78. The van der Waals surface area contributed by atoms with E-state index in [9.17, 15) is 19.8 Å². The molecule has 0 spiro atoms. The minimum Gasteiger partial charge on any atom is -0.487 e. The molecule has 0 fully saturated rings. The molecule has 8 nitrogen and oxygen atoms in total. The molecule has 3 heterocycles. The zero-order valence-electron chi connectivity index (χ0n) is 20.3. The number of hydrogen-bond acceptors (Lipinski definition) is 5. The van der Waals surface area contributed by atoms with Crippen molar-refractivity contribution in [2.75, 3.05) is 6.61 Å². The molecule has 38 heavy (non-hydrogen) atoms. The van der Waals surface area contributed by atoms with Crippen LogP contribution in [0.25, 0.3) is 33.0 Å². The van der Waals surface area contributed by atoms with Gasteiger partial charge in [-0.05, 0) is 17.7 Å². The minimum atomic E-state index is -1.03. The van der Waals surface area contributed by atoms with Gasteiger partial charge in [-0.2, -0.15) is 0 Å². The van der Waals surface area contributed by atoms with Gasteiger partial charge in [0.2, 0.25) is 0 Å². The highest BCUT2D eigenvalue weighted by molar-refractivity contribution is 6.50. The van der Waals surface area contributed by atoms with Gasteiger partial charge in [-0.1, -0.05) is 60.7 Å². The van der Waals surface area contributed by atoms with Gasteiger partial charge in [-0.25, -0.2) is 0 Å². The van der Waals surface area contributed by atoms with Gasteiger partial charge in [0.25, 0.3) is 11.8 Å². The van der Waals surface area contributed by atoms with Crippen molar-refractivity contribution in [2.24, 2.45) is 0 Å². The first kappa shape index (κ1) is 23.7. The lowest BCUT2D eigenvalue weighted by Gasteiger charge is -2.13. The molecular weight excluding hydrogens is 482 g/mol. The number of hydrogen-bond donors (Lipinski definition) is 4. The summed E-state index contributed by atoms with van der Waals surface area (Å²) in [5.41, 5.74) is 4.21. The van der Waals surface area contributed by atoms with Crippen LogP contribution in [0, 0.1) is 0 Å². The summed E-state index contributed by atoms with van der Waals surface area (Å²) in [6, 6.07) is 22.8. The van der Waals surface area contributed by atoms with Crippen molar-refractivity contribution in [2.45, 2.75) is 19.3 Å². The van der Waals surface area contributed by atoms with E-state index in [2.05, 4.69) is 10.3 Å². The van der Waals surface area contributed by atoms with Gasteiger partial charge < -0.3 is 24.5 Å². The lowest BCUT2D eigenvalue weighted by Crippen LogP contribution is -2.22. The molecule has 0 aliphatic carbocycles. The second-order valence-electron chi connectivity index (χ2n) is 9.24. The fourth-order valence-electron chi connectivity index (χ4n) is 5.05. The molecule has 2 amide bonds. The molecule has 6 rings (SSSR count).